The van der Waals surface area contributed by atoms with Crippen LogP contribution in [0.3, 0.4) is 0 Å². The van der Waals surface area contributed by atoms with Crippen LogP contribution in [0.4, 0.5) is 5.69 Å². The van der Waals surface area contributed by atoms with E-state index in [1.807, 2.05) is 30.3 Å². The van der Waals surface area contributed by atoms with E-state index in [1.165, 1.54) is 0 Å². The topological polar surface area (TPSA) is 88.2 Å². The lowest BCUT2D eigenvalue weighted by atomic mass is 10.2. The van der Waals surface area contributed by atoms with Crippen molar-refractivity contribution in [3.05, 3.63) is 59.9 Å². The molecule has 24 heavy (non-hydrogen) atoms. The van der Waals surface area contributed by atoms with Gasteiger partial charge >= 0.3 is 0 Å². The molecule has 1 atom stereocenters. The molecule has 2 heterocycles. The monoisotopic (exact) mass is 345 g/mol. The summed E-state index contributed by atoms with van der Waals surface area (Å²) in [6.45, 7) is 0.675. The van der Waals surface area contributed by atoms with Crippen LogP contribution < -0.4 is 10.6 Å². The van der Waals surface area contributed by atoms with E-state index in [0.717, 1.165) is 11.3 Å². The number of carbonyl (C=O) groups excluding carboxylic acids is 1. The molecule has 1 unspecified atom stereocenters. The van der Waals surface area contributed by atoms with Crippen LogP contribution in [0.15, 0.2) is 48.7 Å². The van der Waals surface area contributed by atoms with Crippen molar-refractivity contribution in [2.75, 3.05) is 16.8 Å². The first-order chi connectivity index (χ1) is 11.5. The van der Waals surface area contributed by atoms with Gasteiger partial charge in [0, 0.05) is 12.6 Å². The minimum absolute atomic E-state index is 0.00938. The van der Waals surface area contributed by atoms with Gasteiger partial charge in [-0.15, -0.1) is 0 Å². The second-order valence-corrected chi connectivity index (χ2v) is 8.07. The Labute approximate surface area is 141 Å². The molecule has 7 heteroatoms. The van der Waals surface area contributed by atoms with E-state index in [4.69, 9.17) is 0 Å². The van der Waals surface area contributed by atoms with Crippen LogP contribution in [-0.4, -0.2) is 36.9 Å². The largest absolute Gasteiger partial charge is 0.380 e. The number of hydrogen-bond acceptors (Lipinski definition) is 5. The van der Waals surface area contributed by atoms with E-state index in [9.17, 15) is 13.2 Å². The van der Waals surface area contributed by atoms with Crippen molar-refractivity contribution in [1.82, 2.24) is 10.3 Å². The minimum Gasteiger partial charge on any atom is -0.380 e. The van der Waals surface area contributed by atoms with Gasteiger partial charge in [0.25, 0.3) is 5.91 Å². The first-order valence-electron chi connectivity index (χ1n) is 7.77. The Hall–Kier alpha value is -2.41. The SMILES string of the molecule is O=C(NC1CCS(=O)(=O)C1)c1ccc(NCc2ccccc2)cn1. The molecule has 1 fully saturated rings. The summed E-state index contributed by atoms with van der Waals surface area (Å²) in [6.07, 6.45) is 2.06. The van der Waals surface area contributed by atoms with Crippen LogP contribution in [-0.2, 0) is 16.4 Å². The highest BCUT2D eigenvalue weighted by molar-refractivity contribution is 7.91. The van der Waals surface area contributed by atoms with Crippen molar-refractivity contribution in [2.45, 2.75) is 19.0 Å². The summed E-state index contributed by atoms with van der Waals surface area (Å²) in [7, 11) is -3.01. The number of benzene rings is 1. The fourth-order valence-electron chi connectivity index (χ4n) is 2.60. The van der Waals surface area contributed by atoms with Crippen molar-refractivity contribution in [3.63, 3.8) is 0 Å². The maximum atomic E-state index is 12.1. The molecule has 1 aliphatic heterocycles. The number of carbonyl (C=O) groups is 1. The van der Waals surface area contributed by atoms with Crippen LogP contribution in [0.5, 0.6) is 0 Å². The van der Waals surface area contributed by atoms with Gasteiger partial charge in [0.1, 0.15) is 5.69 Å². The van der Waals surface area contributed by atoms with Gasteiger partial charge in [-0.2, -0.15) is 0 Å². The van der Waals surface area contributed by atoms with Gasteiger partial charge in [-0.05, 0) is 24.1 Å². The number of hydrogen-bond donors (Lipinski definition) is 2. The number of aromatic nitrogens is 1. The minimum atomic E-state index is -3.01. The second-order valence-electron chi connectivity index (χ2n) is 5.84. The lowest BCUT2D eigenvalue weighted by Crippen LogP contribution is -2.36. The molecule has 6 nitrogen and oxygen atoms in total. The van der Waals surface area contributed by atoms with E-state index in [-0.39, 0.29) is 29.1 Å². The molecule has 1 amide bonds. The Morgan fingerprint density at radius 1 is 1.17 bits per heavy atom. The Kier molecular flexibility index (Phi) is 4.80. The quantitative estimate of drug-likeness (QED) is 0.859. The van der Waals surface area contributed by atoms with Crippen LogP contribution >= 0.6 is 0 Å². The Bertz CT molecular complexity index is 805. The molecule has 2 aromatic rings. The normalized spacial score (nSPS) is 18.9. The Morgan fingerprint density at radius 2 is 1.96 bits per heavy atom. The average Bonchev–Trinajstić information content (AvgIpc) is 2.93. The lowest BCUT2D eigenvalue weighted by Gasteiger charge is -2.11. The lowest BCUT2D eigenvalue weighted by molar-refractivity contribution is 0.0936. The smallest absolute Gasteiger partial charge is 0.270 e. The Balaban J connectivity index is 1.55. The summed E-state index contributed by atoms with van der Waals surface area (Å²) < 4.78 is 22.8. The zero-order valence-corrected chi connectivity index (χ0v) is 13.9. The number of amides is 1. The third-order valence-corrected chi connectivity index (χ3v) is 5.67. The number of nitrogens with zero attached hydrogens (tertiary/aromatic N) is 1. The summed E-state index contributed by atoms with van der Waals surface area (Å²) in [5, 5.41) is 5.96. The van der Waals surface area contributed by atoms with Crippen molar-refractivity contribution in [3.8, 4) is 0 Å². The van der Waals surface area contributed by atoms with Gasteiger partial charge in [0.2, 0.25) is 0 Å². The zero-order valence-electron chi connectivity index (χ0n) is 13.1. The summed E-state index contributed by atoms with van der Waals surface area (Å²) in [6, 6.07) is 13.1. The molecule has 0 saturated carbocycles. The second kappa shape index (κ2) is 7.00. The highest BCUT2D eigenvalue weighted by Crippen LogP contribution is 2.13. The van der Waals surface area contributed by atoms with Crippen LogP contribution in [0.1, 0.15) is 22.5 Å². The predicted molar refractivity (Wildman–Crippen MR) is 92.5 cm³/mol. The molecule has 1 aromatic heterocycles. The van der Waals surface area contributed by atoms with Gasteiger partial charge in [0.05, 0.1) is 23.4 Å². The van der Waals surface area contributed by atoms with E-state index < -0.39 is 9.84 Å². The molecule has 0 spiro atoms. The molecule has 1 saturated heterocycles. The molecule has 0 aliphatic carbocycles. The van der Waals surface area contributed by atoms with E-state index in [0.29, 0.717) is 13.0 Å². The molecule has 0 radical (unpaired) electrons. The van der Waals surface area contributed by atoms with Crippen LogP contribution in [0, 0.1) is 0 Å². The highest BCUT2D eigenvalue weighted by Gasteiger charge is 2.29. The summed E-state index contributed by atoms with van der Waals surface area (Å²) in [5.74, 6) is -0.199. The average molecular weight is 345 g/mol. The summed E-state index contributed by atoms with van der Waals surface area (Å²) in [4.78, 5) is 16.3. The molecular weight excluding hydrogens is 326 g/mol. The first kappa shape index (κ1) is 16.4. The summed E-state index contributed by atoms with van der Waals surface area (Å²) in [5.41, 5.74) is 2.25. The van der Waals surface area contributed by atoms with Gasteiger partial charge < -0.3 is 10.6 Å². The van der Waals surface area contributed by atoms with Gasteiger partial charge in [0.15, 0.2) is 9.84 Å². The predicted octanol–water partition coefficient (Wildman–Crippen LogP) is 1.61. The molecule has 3 rings (SSSR count). The van der Waals surface area contributed by atoms with Crippen LogP contribution in [0.25, 0.3) is 0 Å². The fourth-order valence-corrected chi connectivity index (χ4v) is 4.27. The van der Waals surface area contributed by atoms with Crippen molar-refractivity contribution >= 4 is 21.4 Å². The molecule has 1 aromatic carbocycles. The van der Waals surface area contributed by atoms with Gasteiger partial charge in [-0.3, -0.25) is 4.79 Å². The van der Waals surface area contributed by atoms with E-state index in [1.54, 1.807) is 18.3 Å². The third-order valence-electron chi connectivity index (χ3n) is 3.90. The fraction of sp³-hybridized carbons (Fsp3) is 0.294. The highest BCUT2D eigenvalue weighted by atomic mass is 32.2. The van der Waals surface area contributed by atoms with Crippen molar-refractivity contribution < 1.29 is 13.2 Å². The van der Waals surface area contributed by atoms with Crippen LogP contribution in [0.2, 0.25) is 0 Å². The number of rotatable bonds is 5. The van der Waals surface area contributed by atoms with Crippen molar-refractivity contribution in [1.29, 1.82) is 0 Å². The third kappa shape index (κ3) is 4.32. The molecular formula is C17H19N3O3S. The number of anilines is 1. The Morgan fingerprint density at radius 3 is 2.58 bits per heavy atom. The molecule has 1 aliphatic rings. The van der Waals surface area contributed by atoms with Gasteiger partial charge in [-0.25, -0.2) is 13.4 Å². The van der Waals surface area contributed by atoms with Gasteiger partial charge in [-0.1, -0.05) is 30.3 Å². The first-order valence-corrected chi connectivity index (χ1v) is 9.59. The van der Waals surface area contributed by atoms with E-state index in [2.05, 4.69) is 15.6 Å². The maximum absolute atomic E-state index is 12.1. The molecule has 0 bridgehead atoms. The number of pyridine rings is 1. The number of nitrogens with one attached hydrogen (secondary N) is 2. The molecule has 126 valence electrons. The standard InChI is InChI=1S/C17H19N3O3S/c21-17(20-15-8-9-24(22,23)12-15)16-7-6-14(11-19-16)18-10-13-4-2-1-3-5-13/h1-7,11,15,18H,8-10,12H2,(H,20,21). The molecule has 2 N–H and O–H groups in total. The zero-order chi connectivity index (χ0) is 17.0. The van der Waals surface area contributed by atoms with E-state index >= 15 is 0 Å². The van der Waals surface area contributed by atoms with Crippen molar-refractivity contribution in [2.24, 2.45) is 0 Å². The number of sulfone groups is 1. The summed E-state index contributed by atoms with van der Waals surface area (Å²) >= 11 is 0. The maximum Gasteiger partial charge on any atom is 0.270 e.